The second-order valence-corrected chi connectivity index (χ2v) is 14.5. The lowest BCUT2D eigenvalue weighted by Crippen LogP contribution is -2.44. The zero-order chi connectivity index (χ0) is 41.1. The molecule has 0 aliphatic heterocycles. The van der Waals surface area contributed by atoms with Gasteiger partial charge < -0.3 is 19.3 Å². The fraction of sp³-hybridized carbons (Fsp3) is 0.263. The summed E-state index contributed by atoms with van der Waals surface area (Å²) in [5.41, 5.74) is -5.06. The summed E-state index contributed by atoms with van der Waals surface area (Å²) in [5.74, 6) is -1.17. The highest BCUT2D eigenvalue weighted by Gasteiger charge is 2.57. The highest BCUT2D eigenvalue weighted by Crippen LogP contribution is 2.46. The number of nitro groups is 2. The van der Waals surface area contributed by atoms with E-state index in [0.29, 0.717) is 0 Å². The summed E-state index contributed by atoms with van der Waals surface area (Å²) in [5, 5.41) is 43.7. The molecule has 6 aromatic rings. The Balaban J connectivity index is 0.000000214. The van der Waals surface area contributed by atoms with Crippen molar-refractivity contribution in [1.29, 1.82) is 0 Å². The van der Waals surface area contributed by atoms with Crippen LogP contribution in [0, 0.1) is 20.2 Å². The Labute approximate surface area is 324 Å². The number of rotatable bonds is 12. The maximum absolute atomic E-state index is 13.8. The summed E-state index contributed by atoms with van der Waals surface area (Å²) in [6.45, 7) is 0.428. The first-order valence-electron chi connectivity index (χ1n) is 16.5. The third-order valence-electron chi connectivity index (χ3n) is 9.08. The Kier molecular flexibility index (Phi) is 12.5. The monoisotopic (exact) mass is 820 g/mol. The molecule has 296 valence electrons. The number of hydrogen-bond donors (Lipinski definition) is 2. The fourth-order valence-corrected chi connectivity index (χ4v) is 7.79. The number of halogens is 6. The number of non-ortho nitro benzene ring substituents is 2. The first kappa shape index (κ1) is 42.1. The number of thioether (sulfide) groups is 2. The molecular formula is C38H34F6N4O6S2. The molecule has 6 rings (SSSR count). The number of benzene rings is 4. The number of alkyl halides is 6. The zero-order valence-corrected chi connectivity index (χ0v) is 31.3. The van der Waals surface area contributed by atoms with Crippen LogP contribution in [0.4, 0.5) is 37.7 Å². The number of hydrogen-bond acceptors (Lipinski definition) is 8. The van der Waals surface area contributed by atoms with Gasteiger partial charge in [0.25, 0.3) is 11.4 Å². The van der Waals surface area contributed by atoms with Crippen molar-refractivity contribution in [1.82, 2.24) is 9.13 Å². The minimum Gasteiger partial charge on any atom is -0.376 e. The van der Waals surface area contributed by atoms with Crippen LogP contribution in [0.5, 0.6) is 0 Å². The van der Waals surface area contributed by atoms with E-state index in [1.165, 1.54) is 58.3 Å². The molecule has 18 heteroatoms. The van der Waals surface area contributed by atoms with Gasteiger partial charge in [-0.25, -0.2) is 0 Å². The average Bonchev–Trinajstić information content (AvgIpc) is 3.70. The minimum atomic E-state index is -4.90. The molecular weight excluding hydrogens is 787 g/mol. The van der Waals surface area contributed by atoms with Crippen molar-refractivity contribution >= 4 is 56.7 Å². The second kappa shape index (κ2) is 16.6. The summed E-state index contributed by atoms with van der Waals surface area (Å²) < 4.78 is 85.6. The van der Waals surface area contributed by atoms with Crippen LogP contribution < -0.4 is 0 Å². The quantitative estimate of drug-likeness (QED) is 0.0708. The van der Waals surface area contributed by atoms with Crippen molar-refractivity contribution in [3.05, 3.63) is 152 Å². The molecule has 0 aliphatic rings. The maximum atomic E-state index is 13.8. The molecule has 0 fully saturated rings. The molecule has 0 spiro atoms. The van der Waals surface area contributed by atoms with Crippen LogP contribution in [0.25, 0.3) is 21.8 Å². The second-order valence-electron chi connectivity index (χ2n) is 12.8. The van der Waals surface area contributed by atoms with E-state index in [4.69, 9.17) is 0 Å². The smallest absolute Gasteiger partial charge is 0.376 e. The number of fused-ring (bicyclic) bond motifs is 2. The Hall–Kier alpha value is -5.04. The van der Waals surface area contributed by atoms with E-state index in [2.05, 4.69) is 0 Å². The first-order valence-corrected chi connectivity index (χ1v) is 19.3. The van der Waals surface area contributed by atoms with Crippen molar-refractivity contribution in [2.75, 3.05) is 24.0 Å². The molecule has 0 aliphatic carbocycles. The van der Waals surface area contributed by atoms with Crippen LogP contribution in [0.3, 0.4) is 0 Å². The summed E-state index contributed by atoms with van der Waals surface area (Å²) in [6, 6.07) is 25.3. The summed E-state index contributed by atoms with van der Waals surface area (Å²) in [4.78, 5) is 21.1. The van der Waals surface area contributed by atoms with E-state index in [1.807, 2.05) is 12.1 Å². The van der Waals surface area contributed by atoms with E-state index in [-0.39, 0.29) is 57.4 Å². The summed E-state index contributed by atoms with van der Waals surface area (Å²) in [6.07, 6.45) is -4.36. The van der Waals surface area contributed by atoms with Gasteiger partial charge in [-0.3, -0.25) is 20.2 Å². The fourth-order valence-electron chi connectivity index (χ4n) is 6.31. The number of aromatic nitrogens is 2. The molecule has 0 saturated carbocycles. The van der Waals surface area contributed by atoms with Gasteiger partial charge in [0.1, 0.15) is 0 Å². The molecule has 2 N–H and O–H groups in total. The third kappa shape index (κ3) is 8.52. The molecule has 0 bridgehead atoms. The molecule has 2 atom stereocenters. The lowest BCUT2D eigenvalue weighted by molar-refractivity contribution is -0.384. The Morgan fingerprint density at radius 1 is 0.589 bits per heavy atom. The molecule has 0 radical (unpaired) electrons. The topological polar surface area (TPSA) is 137 Å². The van der Waals surface area contributed by atoms with Gasteiger partial charge in [-0.2, -0.15) is 49.9 Å². The predicted octanol–water partition coefficient (Wildman–Crippen LogP) is 9.42. The van der Waals surface area contributed by atoms with Crippen molar-refractivity contribution in [3.63, 3.8) is 0 Å². The molecule has 56 heavy (non-hydrogen) atoms. The van der Waals surface area contributed by atoms with Crippen LogP contribution in [-0.4, -0.2) is 65.6 Å². The lowest BCUT2D eigenvalue weighted by atomic mass is 9.94. The van der Waals surface area contributed by atoms with Crippen molar-refractivity contribution in [3.8, 4) is 0 Å². The molecule has 2 unspecified atom stereocenters. The molecule has 10 nitrogen and oxygen atoms in total. The van der Waals surface area contributed by atoms with Gasteiger partial charge >= 0.3 is 12.4 Å². The number of aliphatic hydroxyl groups is 2. The highest BCUT2D eigenvalue weighted by molar-refractivity contribution is 7.98. The maximum Gasteiger partial charge on any atom is 0.422 e. The first-order chi connectivity index (χ1) is 26.3. The molecule has 0 saturated heterocycles. The van der Waals surface area contributed by atoms with Crippen LogP contribution >= 0.6 is 23.5 Å². The molecule has 4 aromatic carbocycles. The van der Waals surface area contributed by atoms with Gasteiger partial charge in [0.05, 0.1) is 20.9 Å². The predicted molar refractivity (Wildman–Crippen MR) is 205 cm³/mol. The van der Waals surface area contributed by atoms with Gasteiger partial charge in [-0.05, 0) is 35.8 Å². The van der Waals surface area contributed by atoms with Crippen LogP contribution in [0.1, 0.15) is 22.3 Å². The van der Waals surface area contributed by atoms with E-state index in [0.717, 1.165) is 46.8 Å². The SMILES string of the molecule is CSCC(O)(c1cn(Cc2ccccc2)c2cc([N+](=O)[O-])ccc12)C(F)(F)F.CSCC(O)(c1cn(Cc2ccccc2)c2cc([N+](=O)[O-])ccc12)C(F)(F)F. The van der Waals surface area contributed by atoms with Crippen molar-refractivity contribution < 1.29 is 46.4 Å². The van der Waals surface area contributed by atoms with Gasteiger partial charge in [0, 0.05) is 83.2 Å². The third-order valence-corrected chi connectivity index (χ3v) is 10.5. The molecule has 2 aromatic heterocycles. The molecule has 2 heterocycles. The van der Waals surface area contributed by atoms with E-state index < -0.39 is 44.9 Å². The summed E-state index contributed by atoms with van der Waals surface area (Å²) >= 11 is 1.75. The van der Waals surface area contributed by atoms with E-state index in [1.54, 1.807) is 48.5 Å². The van der Waals surface area contributed by atoms with Crippen molar-refractivity contribution in [2.45, 2.75) is 36.6 Å². The Morgan fingerprint density at radius 2 is 0.929 bits per heavy atom. The van der Waals surface area contributed by atoms with E-state index in [9.17, 15) is 56.8 Å². The van der Waals surface area contributed by atoms with Gasteiger partial charge in [0.2, 0.25) is 0 Å². The Morgan fingerprint density at radius 3 is 1.21 bits per heavy atom. The normalized spacial score (nSPS) is 14.2. The van der Waals surface area contributed by atoms with Gasteiger partial charge in [-0.1, -0.05) is 60.7 Å². The van der Waals surface area contributed by atoms with Crippen LogP contribution in [0.2, 0.25) is 0 Å². The Bertz CT molecular complexity index is 2170. The molecule has 0 amide bonds. The van der Waals surface area contributed by atoms with Crippen LogP contribution in [-0.2, 0) is 24.3 Å². The van der Waals surface area contributed by atoms with Crippen molar-refractivity contribution in [2.24, 2.45) is 0 Å². The summed E-state index contributed by atoms with van der Waals surface area (Å²) in [7, 11) is 0. The number of nitrogens with zero attached hydrogens (tertiary/aromatic N) is 4. The largest absolute Gasteiger partial charge is 0.422 e. The zero-order valence-electron chi connectivity index (χ0n) is 29.6. The van der Waals surface area contributed by atoms with E-state index >= 15 is 0 Å². The van der Waals surface area contributed by atoms with Gasteiger partial charge in [0.15, 0.2) is 11.2 Å². The minimum absolute atomic E-state index is 0.135. The highest BCUT2D eigenvalue weighted by atomic mass is 32.2. The number of nitro benzene ring substituents is 2. The lowest BCUT2D eigenvalue weighted by Gasteiger charge is -2.29. The average molecular weight is 821 g/mol. The van der Waals surface area contributed by atoms with Crippen LogP contribution in [0.15, 0.2) is 109 Å². The standard InChI is InChI=1S/2C19H17F3N2O3S/c2*1-28-12-18(25,19(20,21)22)16-11-23(10-13-5-3-2-4-6-13)17-9-14(24(26)27)7-8-15(16)17/h2*2-9,11,25H,10,12H2,1H3. The van der Waals surface area contributed by atoms with Gasteiger partial charge in [-0.15, -0.1) is 0 Å².